The molecule has 0 N–H and O–H groups in total. The predicted molar refractivity (Wildman–Crippen MR) is 181 cm³/mol. The summed E-state index contributed by atoms with van der Waals surface area (Å²) < 4.78 is 34.5. The van der Waals surface area contributed by atoms with E-state index >= 15 is 0 Å². The van der Waals surface area contributed by atoms with E-state index in [1.54, 1.807) is 92.4 Å². The molecular formula is C34H36N8O8. The third-order valence-electron chi connectivity index (χ3n) is 7.87. The smallest absolute Gasteiger partial charge is 0.331 e. The van der Waals surface area contributed by atoms with Crippen molar-refractivity contribution in [2.75, 3.05) is 98.6 Å². The van der Waals surface area contributed by atoms with Crippen LogP contribution in [0.5, 0.6) is 23.5 Å². The Morgan fingerprint density at radius 1 is 0.380 bits per heavy atom. The molecule has 7 heterocycles. The molecule has 0 aliphatic carbocycles. The number of amides is 4. The Hall–Kier alpha value is -5.74. The van der Waals surface area contributed by atoms with Crippen LogP contribution in [0.3, 0.4) is 0 Å². The topological polar surface area (TPSA) is 154 Å². The zero-order valence-electron chi connectivity index (χ0n) is 27.3. The lowest BCUT2D eigenvalue weighted by atomic mass is 10.4. The molecule has 0 atom stereocenters. The van der Waals surface area contributed by atoms with Gasteiger partial charge in [0, 0.05) is 50.4 Å². The average Bonchev–Trinajstić information content (AvgIpc) is 3.73. The molecule has 12 bridgehead atoms. The zero-order valence-corrected chi connectivity index (χ0v) is 27.3. The minimum absolute atomic E-state index is 0.245. The number of pyridine rings is 4. The van der Waals surface area contributed by atoms with Gasteiger partial charge in [-0.25, -0.2) is 9.59 Å². The van der Waals surface area contributed by atoms with Gasteiger partial charge in [0.05, 0.1) is 26.4 Å². The maximum Gasteiger partial charge on any atom is 0.331 e. The number of hydrogen-bond donors (Lipinski definition) is 0. The fraction of sp³-hybridized carbons (Fsp3) is 0.353. The summed E-state index contributed by atoms with van der Waals surface area (Å²) in [4.78, 5) is 51.2. The lowest BCUT2D eigenvalue weighted by molar-refractivity contribution is 0.0743. The van der Waals surface area contributed by atoms with Crippen molar-refractivity contribution in [3.8, 4) is 23.5 Å². The van der Waals surface area contributed by atoms with Crippen molar-refractivity contribution in [2.24, 2.45) is 0 Å². The molecule has 50 heavy (non-hydrogen) atoms. The highest BCUT2D eigenvalue weighted by atomic mass is 16.6. The van der Waals surface area contributed by atoms with E-state index in [1.807, 2.05) is 0 Å². The van der Waals surface area contributed by atoms with Gasteiger partial charge in [-0.15, -0.1) is 0 Å². The van der Waals surface area contributed by atoms with Crippen molar-refractivity contribution in [1.29, 1.82) is 0 Å². The minimum atomic E-state index is -0.245. The summed E-state index contributed by atoms with van der Waals surface area (Å²) in [5, 5.41) is 0. The van der Waals surface area contributed by atoms with Crippen LogP contribution in [0.15, 0.2) is 72.8 Å². The van der Waals surface area contributed by atoms with Crippen LogP contribution in [0, 0.1) is 0 Å². The fourth-order valence-corrected chi connectivity index (χ4v) is 5.49. The van der Waals surface area contributed by atoms with Crippen LogP contribution in [0.25, 0.3) is 0 Å². The summed E-state index contributed by atoms with van der Waals surface area (Å²) in [6.45, 7) is 3.95. The van der Waals surface area contributed by atoms with Gasteiger partial charge in [-0.3, -0.25) is 19.6 Å². The van der Waals surface area contributed by atoms with Crippen molar-refractivity contribution < 1.29 is 38.0 Å². The summed E-state index contributed by atoms with van der Waals surface area (Å²) in [5.74, 6) is 3.41. The normalized spacial score (nSPS) is 17.8. The molecule has 2 saturated heterocycles. The first-order valence-corrected chi connectivity index (χ1v) is 16.4. The fourth-order valence-electron chi connectivity index (χ4n) is 5.49. The van der Waals surface area contributed by atoms with E-state index in [2.05, 4.69) is 19.9 Å². The number of urea groups is 2. The Balaban J connectivity index is 1.02. The second-order valence-electron chi connectivity index (χ2n) is 11.1. The first-order chi connectivity index (χ1) is 24.6. The molecule has 2 fully saturated rings. The second kappa shape index (κ2) is 15.7. The van der Waals surface area contributed by atoms with Crippen molar-refractivity contribution in [3.63, 3.8) is 0 Å². The summed E-state index contributed by atoms with van der Waals surface area (Å²) in [7, 11) is 0. The standard InChI is InChI=1S/C34H36N8O8/c43-33-39-13-14-40(33)26-6-2-10-30(36-26)49-23-19-46-20-24-50-32-12-4-8-28(38-32)42-16-15-41(34(42)44)27-7-3-11-31(37-27)48-22-18-45-17-21-47-29-9-1-5-25(39)35-29/h1-12H,13-24H2. The second-order valence-corrected chi connectivity index (χ2v) is 11.1. The highest BCUT2D eigenvalue weighted by molar-refractivity contribution is 6.05. The highest BCUT2D eigenvalue weighted by Crippen LogP contribution is 2.27. The number of carbonyl (C=O) groups is 2. The molecule has 4 amide bonds. The van der Waals surface area contributed by atoms with Gasteiger partial charge in [0.15, 0.2) is 0 Å². The third kappa shape index (κ3) is 7.76. The first kappa shape index (κ1) is 32.8. The van der Waals surface area contributed by atoms with Gasteiger partial charge in [0.1, 0.15) is 49.7 Å². The molecule has 4 aromatic rings. The molecule has 0 spiro atoms. The van der Waals surface area contributed by atoms with Gasteiger partial charge in [-0.1, -0.05) is 24.3 Å². The van der Waals surface area contributed by atoms with E-state index in [-0.39, 0.29) is 38.5 Å². The van der Waals surface area contributed by atoms with Gasteiger partial charge in [-0.2, -0.15) is 19.9 Å². The van der Waals surface area contributed by atoms with Crippen molar-refractivity contribution >= 4 is 35.3 Å². The van der Waals surface area contributed by atoms with Crippen molar-refractivity contribution in [3.05, 3.63) is 72.8 Å². The van der Waals surface area contributed by atoms with Crippen LogP contribution in [-0.2, 0) is 9.47 Å². The molecule has 0 aromatic carbocycles. The van der Waals surface area contributed by atoms with E-state index in [0.717, 1.165) is 0 Å². The Bertz CT molecular complexity index is 1550. The van der Waals surface area contributed by atoms with E-state index in [9.17, 15) is 9.59 Å². The van der Waals surface area contributed by atoms with Gasteiger partial charge < -0.3 is 28.4 Å². The largest absolute Gasteiger partial charge is 0.475 e. The lowest BCUT2D eigenvalue weighted by Crippen LogP contribution is -2.32. The van der Waals surface area contributed by atoms with Crippen LogP contribution in [0.1, 0.15) is 0 Å². The molecule has 16 nitrogen and oxygen atoms in total. The van der Waals surface area contributed by atoms with Gasteiger partial charge in [0.25, 0.3) is 0 Å². The third-order valence-corrected chi connectivity index (χ3v) is 7.87. The lowest BCUT2D eigenvalue weighted by Gasteiger charge is -2.18. The van der Waals surface area contributed by atoms with Crippen LogP contribution in [0.2, 0.25) is 0 Å². The summed E-state index contributed by atoms with van der Waals surface area (Å²) >= 11 is 0. The van der Waals surface area contributed by atoms with E-state index in [1.165, 1.54) is 0 Å². The Morgan fingerprint density at radius 3 is 0.900 bits per heavy atom. The number of fused-ring (bicyclic) bond motifs is 16. The number of nitrogens with zero attached hydrogens (tertiary/aromatic N) is 8. The minimum Gasteiger partial charge on any atom is -0.475 e. The highest BCUT2D eigenvalue weighted by Gasteiger charge is 2.34. The Morgan fingerprint density at radius 2 is 0.640 bits per heavy atom. The number of anilines is 4. The summed E-state index contributed by atoms with van der Waals surface area (Å²) in [5.41, 5.74) is 0. The Labute approximate surface area is 288 Å². The SMILES string of the molecule is O=C1N2CCN1c1cccc(n1)OCCOCCOc1cccc(n1)N1CCN(C1=O)c1cccc(n1)OCCOCCOc1cccc2n1. The molecular weight excluding hydrogens is 648 g/mol. The molecule has 4 aromatic heterocycles. The molecule has 16 heteroatoms. The quantitative estimate of drug-likeness (QED) is 0.267. The van der Waals surface area contributed by atoms with E-state index in [4.69, 9.17) is 28.4 Å². The Kier molecular flexibility index (Phi) is 10.3. The maximum atomic E-state index is 13.4. The molecule has 0 saturated carbocycles. The van der Waals surface area contributed by atoms with Crippen LogP contribution in [0.4, 0.5) is 32.9 Å². The average molecular weight is 685 g/mol. The summed E-state index contributed by atoms with van der Waals surface area (Å²) in [6, 6.07) is 20.6. The molecule has 3 aliphatic heterocycles. The van der Waals surface area contributed by atoms with E-state index < -0.39 is 0 Å². The van der Waals surface area contributed by atoms with E-state index in [0.29, 0.717) is 99.4 Å². The molecule has 3 aliphatic rings. The number of aromatic nitrogens is 4. The molecule has 7 rings (SSSR count). The van der Waals surface area contributed by atoms with Crippen LogP contribution in [-0.4, -0.2) is 111 Å². The number of rotatable bonds is 0. The zero-order chi connectivity index (χ0) is 34.1. The van der Waals surface area contributed by atoms with Gasteiger partial charge >= 0.3 is 12.1 Å². The van der Waals surface area contributed by atoms with Crippen LogP contribution >= 0.6 is 0 Å². The van der Waals surface area contributed by atoms with Crippen molar-refractivity contribution in [1.82, 2.24) is 19.9 Å². The summed E-state index contributed by atoms with van der Waals surface area (Å²) in [6.07, 6.45) is 0. The number of hydrogen-bond acceptors (Lipinski definition) is 12. The number of ether oxygens (including phenoxy) is 6. The molecule has 0 unspecified atom stereocenters. The molecule has 0 radical (unpaired) electrons. The number of carbonyl (C=O) groups excluding carboxylic acids is 2. The molecule has 260 valence electrons. The van der Waals surface area contributed by atoms with Crippen molar-refractivity contribution in [2.45, 2.75) is 0 Å². The predicted octanol–water partition coefficient (Wildman–Crippen LogP) is 3.42. The van der Waals surface area contributed by atoms with Gasteiger partial charge in [0.2, 0.25) is 23.5 Å². The monoisotopic (exact) mass is 684 g/mol. The van der Waals surface area contributed by atoms with Crippen LogP contribution < -0.4 is 38.5 Å². The first-order valence-electron chi connectivity index (χ1n) is 16.4. The maximum absolute atomic E-state index is 13.4. The van der Waals surface area contributed by atoms with Gasteiger partial charge in [-0.05, 0) is 24.3 Å².